The van der Waals surface area contributed by atoms with Crippen LogP contribution in [-0.4, -0.2) is 39.7 Å². The average Bonchev–Trinajstić information content (AvgIpc) is 2.58. The molecule has 0 atom stereocenters. The number of nitrogens with zero attached hydrogens (tertiary/aromatic N) is 1. The van der Waals surface area contributed by atoms with Crippen LogP contribution in [0.4, 0.5) is 0 Å². The number of methoxy groups -OCH3 is 3. The van der Waals surface area contributed by atoms with Gasteiger partial charge in [-0.2, -0.15) is 5.26 Å². The van der Waals surface area contributed by atoms with Crippen molar-refractivity contribution in [3.05, 3.63) is 29.0 Å². The van der Waals surface area contributed by atoms with E-state index in [1.165, 1.54) is 40.4 Å². The number of ketones is 1. The van der Waals surface area contributed by atoms with E-state index in [1.54, 1.807) is 6.07 Å². The second kappa shape index (κ2) is 8.43. The highest BCUT2D eigenvalue weighted by Crippen LogP contribution is 2.34. The molecule has 1 aromatic carbocycles. The van der Waals surface area contributed by atoms with Crippen molar-refractivity contribution in [3.63, 3.8) is 0 Å². The highest BCUT2D eigenvalue weighted by atomic mass is 16.5. The molecule has 2 N–H and O–H groups in total. The normalized spacial score (nSPS) is 11.0. The number of nitriles is 1. The molecule has 0 radical (unpaired) electrons. The Hall–Kier alpha value is -3.21. The van der Waals surface area contributed by atoms with Gasteiger partial charge in [0.15, 0.2) is 18.1 Å². The molecule has 0 saturated heterocycles. The van der Waals surface area contributed by atoms with Gasteiger partial charge in [0.25, 0.3) is 0 Å². The first-order valence-corrected chi connectivity index (χ1v) is 6.76. The Morgan fingerprint density at radius 3 is 2.08 bits per heavy atom. The third-order valence-corrected chi connectivity index (χ3v) is 3.04. The van der Waals surface area contributed by atoms with E-state index in [9.17, 15) is 9.59 Å². The largest absolute Gasteiger partial charge is 0.496 e. The minimum Gasteiger partial charge on any atom is -0.496 e. The quantitative estimate of drug-likeness (QED) is 0.448. The number of allylic oxidation sites excluding steroid dienone is 1. The molecule has 0 spiro atoms. The van der Waals surface area contributed by atoms with Crippen molar-refractivity contribution in [2.75, 3.05) is 27.9 Å². The first-order valence-electron chi connectivity index (χ1n) is 6.76. The predicted octanol–water partition coefficient (Wildman–Crippen LogP) is 1.19. The van der Waals surface area contributed by atoms with Crippen molar-refractivity contribution >= 4 is 11.8 Å². The number of Topliss-reactive ketones (excluding diaryl/α,β-unsaturated/α-hetero) is 1. The SMILES string of the molecule is COc1cc(OC)c(C(=O)OCC(=O)C(C#N)=C(C)N)cc1OC. The molecule has 0 unspecified atom stereocenters. The van der Waals surface area contributed by atoms with Gasteiger partial charge < -0.3 is 24.7 Å². The molecule has 0 saturated carbocycles. The van der Waals surface area contributed by atoms with Crippen LogP contribution in [0.3, 0.4) is 0 Å². The third kappa shape index (κ3) is 4.16. The lowest BCUT2D eigenvalue weighted by Crippen LogP contribution is -2.18. The van der Waals surface area contributed by atoms with E-state index in [-0.39, 0.29) is 22.6 Å². The van der Waals surface area contributed by atoms with Crippen LogP contribution in [0.15, 0.2) is 23.4 Å². The Bertz CT molecular complexity index is 714. The van der Waals surface area contributed by atoms with Crippen LogP contribution in [0.1, 0.15) is 17.3 Å². The van der Waals surface area contributed by atoms with Crippen molar-refractivity contribution in [3.8, 4) is 23.3 Å². The number of hydrogen-bond acceptors (Lipinski definition) is 8. The molecule has 0 aliphatic rings. The first kappa shape index (κ1) is 18.8. The first-order chi connectivity index (χ1) is 11.4. The average molecular weight is 334 g/mol. The number of carbonyl (C=O) groups is 2. The summed E-state index contributed by atoms with van der Waals surface area (Å²) in [7, 11) is 4.23. The minimum atomic E-state index is -0.812. The second-order valence-electron chi connectivity index (χ2n) is 4.58. The second-order valence-corrected chi connectivity index (χ2v) is 4.58. The van der Waals surface area contributed by atoms with E-state index in [1.807, 2.05) is 0 Å². The summed E-state index contributed by atoms with van der Waals surface area (Å²) < 4.78 is 20.3. The zero-order valence-corrected chi connectivity index (χ0v) is 13.8. The Balaban J connectivity index is 3.02. The summed E-state index contributed by atoms with van der Waals surface area (Å²) in [5, 5.41) is 8.86. The molecule has 0 aliphatic carbocycles. The smallest absolute Gasteiger partial charge is 0.342 e. The molecule has 8 nitrogen and oxygen atoms in total. The summed E-state index contributed by atoms with van der Waals surface area (Å²) in [5.41, 5.74) is 5.29. The van der Waals surface area contributed by atoms with E-state index in [4.69, 9.17) is 29.9 Å². The minimum absolute atomic E-state index is 0.0508. The number of rotatable bonds is 7. The van der Waals surface area contributed by atoms with Crippen LogP contribution >= 0.6 is 0 Å². The van der Waals surface area contributed by atoms with Crippen LogP contribution in [0, 0.1) is 11.3 Å². The molecule has 0 bridgehead atoms. The molecule has 128 valence electrons. The molecule has 8 heteroatoms. The molecule has 1 aromatic rings. The van der Waals surface area contributed by atoms with E-state index in [0.717, 1.165) is 0 Å². The lowest BCUT2D eigenvalue weighted by atomic mass is 10.1. The highest BCUT2D eigenvalue weighted by molar-refractivity contribution is 6.02. The lowest BCUT2D eigenvalue weighted by molar-refractivity contribution is -0.118. The van der Waals surface area contributed by atoms with Crippen molar-refractivity contribution in [1.29, 1.82) is 5.26 Å². The van der Waals surface area contributed by atoms with Crippen LogP contribution in [0.25, 0.3) is 0 Å². The fraction of sp³-hybridized carbons (Fsp3) is 0.312. The van der Waals surface area contributed by atoms with Gasteiger partial charge in [-0.15, -0.1) is 0 Å². The molecule has 1 rings (SSSR count). The van der Waals surface area contributed by atoms with Gasteiger partial charge in [0, 0.05) is 17.8 Å². The molecule has 24 heavy (non-hydrogen) atoms. The topological polar surface area (TPSA) is 121 Å². The van der Waals surface area contributed by atoms with Gasteiger partial charge in [0.05, 0.1) is 21.3 Å². The maximum absolute atomic E-state index is 12.2. The molecular formula is C16H18N2O6. The number of ether oxygens (including phenoxy) is 4. The van der Waals surface area contributed by atoms with E-state index in [0.29, 0.717) is 11.5 Å². The molecular weight excluding hydrogens is 316 g/mol. The van der Waals surface area contributed by atoms with Gasteiger partial charge in [-0.25, -0.2) is 4.79 Å². The van der Waals surface area contributed by atoms with Crippen LogP contribution < -0.4 is 19.9 Å². The summed E-state index contributed by atoms with van der Waals surface area (Å²) in [6.07, 6.45) is 0. The molecule has 0 amide bonds. The van der Waals surface area contributed by atoms with E-state index < -0.39 is 18.4 Å². The summed E-state index contributed by atoms with van der Waals surface area (Å²) in [5.74, 6) is -0.642. The summed E-state index contributed by atoms with van der Waals surface area (Å²) in [6, 6.07) is 4.51. The maximum Gasteiger partial charge on any atom is 0.342 e. The van der Waals surface area contributed by atoms with Crippen LogP contribution in [-0.2, 0) is 9.53 Å². The summed E-state index contributed by atoms with van der Waals surface area (Å²) >= 11 is 0. The predicted molar refractivity (Wildman–Crippen MR) is 83.9 cm³/mol. The van der Waals surface area contributed by atoms with Crippen molar-refractivity contribution in [2.24, 2.45) is 5.73 Å². The Kier molecular flexibility index (Phi) is 6.62. The van der Waals surface area contributed by atoms with Crippen molar-refractivity contribution in [1.82, 2.24) is 0 Å². The van der Waals surface area contributed by atoms with E-state index in [2.05, 4.69) is 0 Å². The van der Waals surface area contributed by atoms with Gasteiger partial charge in [-0.1, -0.05) is 0 Å². The fourth-order valence-electron chi connectivity index (χ4n) is 1.84. The third-order valence-electron chi connectivity index (χ3n) is 3.04. The van der Waals surface area contributed by atoms with Crippen molar-refractivity contribution in [2.45, 2.75) is 6.92 Å². The summed E-state index contributed by atoms with van der Waals surface area (Å²) in [4.78, 5) is 24.0. The standard InChI is InChI=1S/C16H18N2O6/c1-9(18)11(7-17)12(19)8-24-16(20)10-5-14(22-3)15(23-4)6-13(10)21-2/h5-6H,8,18H2,1-4H3. The van der Waals surface area contributed by atoms with Gasteiger partial charge in [-0.05, 0) is 6.92 Å². The van der Waals surface area contributed by atoms with E-state index >= 15 is 0 Å². The van der Waals surface area contributed by atoms with Crippen LogP contribution in [0.5, 0.6) is 17.2 Å². The maximum atomic E-state index is 12.2. The molecule has 0 aromatic heterocycles. The van der Waals surface area contributed by atoms with Gasteiger partial charge in [-0.3, -0.25) is 4.79 Å². The number of esters is 1. The monoisotopic (exact) mass is 334 g/mol. The molecule has 0 aliphatic heterocycles. The van der Waals surface area contributed by atoms with Crippen LogP contribution in [0.2, 0.25) is 0 Å². The number of carbonyl (C=O) groups excluding carboxylic acids is 2. The van der Waals surface area contributed by atoms with Gasteiger partial charge >= 0.3 is 5.97 Å². The number of hydrogen-bond donors (Lipinski definition) is 1. The van der Waals surface area contributed by atoms with Gasteiger partial charge in [0.2, 0.25) is 5.78 Å². The Morgan fingerprint density at radius 2 is 1.62 bits per heavy atom. The fourth-order valence-corrected chi connectivity index (χ4v) is 1.84. The molecule has 0 heterocycles. The number of nitrogens with two attached hydrogens (primary N) is 1. The Morgan fingerprint density at radius 1 is 1.08 bits per heavy atom. The number of benzene rings is 1. The Labute approximate surface area is 139 Å². The summed E-state index contributed by atoms with van der Waals surface area (Å²) in [6.45, 7) is 0.795. The zero-order valence-electron chi connectivity index (χ0n) is 13.8. The van der Waals surface area contributed by atoms with Crippen molar-refractivity contribution < 1.29 is 28.5 Å². The zero-order chi connectivity index (χ0) is 18.3. The highest BCUT2D eigenvalue weighted by Gasteiger charge is 2.21. The van der Waals surface area contributed by atoms with Gasteiger partial charge in [0.1, 0.15) is 23.0 Å². The molecule has 0 fully saturated rings. The lowest BCUT2D eigenvalue weighted by Gasteiger charge is -2.13.